The summed E-state index contributed by atoms with van der Waals surface area (Å²) < 4.78 is 44.1. The van der Waals surface area contributed by atoms with E-state index < -0.39 is 11.7 Å². The topological polar surface area (TPSA) is 55.3 Å². The van der Waals surface area contributed by atoms with E-state index in [9.17, 15) is 18.0 Å². The van der Waals surface area contributed by atoms with Crippen molar-refractivity contribution < 1.29 is 22.7 Å². The van der Waals surface area contributed by atoms with Crippen LogP contribution in [-0.4, -0.2) is 40.0 Å². The highest BCUT2D eigenvalue weighted by molar-refractivity contribution is 5.95. The Balaban J connectivity index is 1.60. The van der Waals surface area contributed by atoms with E-state index in [1.807, 2.05) is 0 Å². The van der Waals surface area contributed by atoms with Crippen LogP contribution in [0.5, 0.6) is 5.75 Å². The second kappa shape index (κ2) is 7.54. The zero-order chi connectivity index (χ0) is 19.6. The average molecular weight is 379 g/mol. The number of piperidine rings is 1. The summed E-state index contributed by atoms with van der Waals surface area (Å²) in [7, 11) is 0. The van der Waals surface area contributed by atoms with E-state index in [1.165, 1.54) is 18.3 Å². The maximum Gasteiger partial charge on any atom is 0.416 e. The molecular formula is C19H20F3N3O2. The predicted octanol–water partition coefficient (Wildman–Crippen LogP) is 3.80. The lowest BCUT2D eigenvalue weighted by atomic mass is 10.1. The van der Waals surface area contributed by atoms with Gasteiger partial charge in [0.15, 0.2) is 0 Å². The van der Waals surface area contributed by atoms with Crippen LogP contribution in [0.2, 0.25) is 0 Å². The number of likely N-dealkylation sites (tertiary alicyclic amines) is 1. The first kappa shape index (κ1) is 19.1. The van der Waals surface area contributed by atoms with Gasteiger partial charge >= 0.3 is 6.18 Å². The number of hydrogen-bond donors (Lipinski definition) is 0. The molecule has 0 aliphatic carbocycles. The number of carbonyl (C=O) groups is 1. The van der Waals surface area contributed by atoms with Gasteiger partial charge in [-0.25, -0.2) is 9.97 Å². The van der Waals surface area contributed by atoms with Gasteiger partial charge in [0.1, 0.15) is 17.7 Å². The van der Waals surface area contributed by atoms with Crippen LogP contribution in [0.4, 0.5) is 13.2 Å². The fourth-order valence-corrected chi connectivity index (χ4v) is 3.08. The van der Waals surface area contributed by atoms with Crippen LogP contribution in [0.1, 0.15) is 40.3 Å². The quantitative estimate of drug-likeness (QED) is 0.814. The Morgan fingerprint density at radius 3 is 2.56 bits per heavy atom. The molecule has 0 unspecified atom stereocenters. The summed E-state index contributed by atoms with van der Waals surface area (Å²) in [6.45, 7) is 4.47. The SMILES string of the molecule is Cc1ncc(C(=O)N2CCC(Oc3cccc(C(F)(F)F)c3)CC2)c(C)n1. The van der Waals surface area contributed by atoms with E-state index >= 15 is 0 Å². The minimum Gasteiger partial charge on any atom is -0.490 e. The summed E-state index contributed by atoms with van der Waals surface area (Å²) in [5.41, 5.74) is 0.371. The second-order valence-electron chi connectivity index (χ2n) is 6.55. The van der Waals surface area contributed by atoms with Crippen molar-refractivity contribution in [2.24, 2.45) is 0 Å². The molecule has 1 aromatic heterocycles. The smallest absolute Gasteiger partial charge is 0.416 e. The molecule has 1 aliphatic heterocycles. The lowest BCUT2D eigenvalue weighted by Crippen LogP contribution is -2.42. The van der Waals surface area contributed by atoms with Crippen molar-refractivity contribution in [3.8, 4) is 5.75 Å². The standard InChI is InChI=1S/C19H20F3N3O2/c1-12-17(11-23-13(2)24-12)18(26)25-8-6-15(7-9-25)27-16-5-3-4-14(10-16)19(20,21)22/h3-5,10-11,15H,6-9H2,1-2H3. The molecule has 0 radical (unpaired) electrons. The van der Waals surface area contributed by atoms with Crippen molar-refractivity contribution >= 4 is 5.91 Å². The van der Waals surface area contributed by atoms with E-state index in [0.29, 0.717) is 43.0 Å². The first-order valence-corrected chi connectivity index (χ1v) is 8.67. The Hall–Kier alpha value is -2.64. The molecule has 144 valence electrons. The maximum absolute atomic E-state index is 12.8. The number of benzene rings is 1. The zero-order valence-electron chi connectivity index (χ0n) is 15.1. The number of nitrogens with zero attached hydrogens (tertiary/aromatic N) is 3. The predicted molar refractivity (Wildman–Crippen MR) is 92.5 cm³/mol. The van der Waals surface area contributed by atoms with Crippen LogP contribution in [0.25, 0.3) is 0 Å². The molecule has 0 saturated carbocycles. The highest BCUT2D eigenvalue weighted by atomic mass is 19.4. The average Bonchev–Trinajstić information content (AvgIpc) is 2.61. The number of aromatic nitrogens is 2. The van der Waals surface area contributed by atoms with Crippen molar-refractivity contribution in [3.05, 3.63) is 53.1 Å². The van der Waals surface area contributed by atoms with Crippen LogP contribution < -0.4 is 4.74 Å². The fraction of sp³-hybridized carbons (Fsp3) is 0.421. The molecule has 1 fully saturated rings. The van der Waals surface area contributed by atoms with Crippen molar-refractivity contribution in [1.29, 1.82) is 0 Å². The summed E-state index contributed by atoms with van der Waals surface area (Å²) in [6.07, 6.45) is -2.00. The van der Waals surface area contributed by atoms with E-state index in [1.54, 1.807) is 18.7 Å². The van der Waals surface area contributed by atoms with Gasteiger partial charge in [-0.3, -0.25) is 4.79 Å². The first-order chi connectivity index (χ1) is 12.7. The number of hydrogen-bond acceptors (Lipinski definition) is 4. The van der Waals surface area contributed by atoms with Crippen molar-refractivity contribution in [3.63, 3.8) is 0 Å². The van der Waals surface area contributed by atoms with Gasteiger partial charge in [0.2, 0.25) is 0 Å². The highest BCUT2D eigenvalue weighted by Crippen LogP contribution is 2.32. The number of ether oxygens (including phenoxy) is 1. The van der Waals surface area contributed by atoms with Crippen LogP contribution in [-0.2, 0) is 6.18 Å². The molecule has 1 amide bonds. The van der Waals surface area contributed by atoms with Gasteiger partial charge in [0.05, 0.1) is 16.8 Å². The van der Waals surface area contributed by atoms with Crippen LogP contribution in [0, 0.1) is 13.8 Å². The third kappa shape index (κ3) is 4.56. The molecule has 27 heavy (non-hydrogen) atoms. The lowest BCUT2D eigenvalue weighted by molar-refractivity contribution is -0.137. The summed E-state index contributed by atoms with van der Waals surface area (Å²) in [5, 5.41) is 0. The van der Waals surface area contributed by atoms with Crippen LogP contribution in [0.3, 0.4) is 0 Å². The Labute approximate surface area is 155 Å². The molecule has 5 nitrogen and oxygen atoms in total. The lowest BCUT2D eigenvalue weighted by Gasteiger charge is -2.32. The molecule has 1 aromatic carbocycles. The molecular weight excluding hydrogens is 359 g/mol. The highest BCUT2D eigenvalue weighted by Gasteiger charge is 2.31. The number of amides is 1. The molecule has 0 bridgehead atoms. The third-order valence-corrected chi connectivity index (χ3v) is 4.52. The molecule has 2 heterocycles. The van der Waals surface area contributed by atoms with Crippen molar-refractivity contribution in [2.75, 3.05) is 13.1 Å². The Morgan fingerprint density at radius 1 is 1.22 bits per heavy atom. The number of carbonyl (C=O) groups excluding carboxylic acids is 1. The molecule has 2 aromatic rings. The largest absolute Gasteiger partial charge is 0.490 e. The van der Waals surface area contributed by atoms with E-state index in [4.69, 9.17) is 4.74 Å². The van der Waals surface area contributed by atoms with Gasteiger partial charge in [-0.2, -0.15) is 13.2 Å². The minimum absolute atomic E-state index is 0.134. The summed E-state index contributed by atoms with van der Waals surface area (Å²) in [5.74, 6) is 0.666. The van der Waals surface area contributed by atoms with Gasteiger partial charge in [-0.1, -0.05) is 6.07 Å². The van der Waals surface area contributed by atoms with Gasteiger partial charge in [0.25, 0.3) is 5.91 Å². The molecule has 8 heteroatoms. The second-order valence-corrected chi connectivity index (χ2v) is 6.55. The Bertz CT molecular complexity index is 831. The normalized spacial score (nSPS) is 15.7. The molecule has 0 atom stereocenters. The molecule has 3 rings (SSSR count). The summed E-state index contributed by atoms with van der Waals surface area (Å²) in [4.78, 5) is 22.6. The van der Waals surface area contributed by atoms with Gasteiger partial charge in [-0.05, 0) is 32.0 Å². The summed E-state index contributed by atoms with van der Waals surface area (Å²) >= 11 is 0. The van der Waals surface area contributed by atoms with E-state index in [2.05, 4.69) is 9.97 Å². The van der Waals surface area contributed by atoms with Gasteiger partial charge < -0.3 is 9.64 Å². The van der Waals surface area contributed by atoms with E-state index in [-0.39, 0.29) is 17.8 Å². The Morgan fingerprint density at radius 2 is 1.93 bits per heavy atom. The molecule has 0 spiro atoms. The van der Waals surface area contributed by atoms with Gasteiger partial charge in [-0.15, -0.1) is 0 Å². The summed E-state index contributed by atoms with van der Waals surface area (Å²) in [6, 6.07) is 4.86. The fourth-order valence-electron chi connectivity index (χ4n) is 3.08. The number of halogens is 3. The third-order valence-electron chi connectivity index (χ3n) is 4.52. The van der Waals surface area contributed by atoms with Crippen LogP contribution >= 0.6 is 0 Å². The van der Waals surface area contributed by atoms with Crippen LogP contribution in [0.15, 0.2) is 30.5 Å². The molecule has 0 N–H and O–H groups in total. The zero-order valence-corrected chi connectivity index (χ0v) is 15.1. The van der Waals surface area contributed by atoms with Crippen molar-refractivity contribution in [2.45, 2.75) is 39.0 Å². The molecule has 1 saturated heterocycles. The first-order valence-electron chi connectivity index (χ1n) is 8.67. The minimum atomic E-state index is -4.40. The number of aryl methyl sites for hydroxylation is 2. The number of alkyl halides is 3. The van der Waals surface area contributed by atoms with Crippen molar-refractivity contribution in [1.82, 2.24) is 14.9 Å². The van der Waals surface area contributed by atoms with E-state index in [0.717, 1.165) is 12.1 Å². The number of rotatable bonds is 3. The molecule has 1 aliphatic rings. The maximum atomic E-state index is 12.8. The Kier molecular flexibility index (Phi) is 5.34. The monoisotopic (exact) mass is 379 g/mol. The van der Waals surface area contributed by atoms with Gasteiger partial charge in [0, 0.05) is 32.1 Å².